The van der Waals surface area contributed by atoms with Crippen molar-refractivity contribution in [3.8, 4) is 5.75 Å². The summed E-state index contributed by atoms with van der Waals surface area (Å²) in [6.45, 7) is 5.58. The SMILES string of the molecule is Cc1ccc(S(=O)(=O)N(C)C[C@@H]2Oc3ccc(NC(=O)Cc4ccccc4)cc3C(=O)N([C@@H](C)CO)C[C@H]2C)cc1. The molecule has 4 rings (SSSR count). The van der Waals surface area contributed by atoms with Crippen molar-refractivity contribution in [3.63, 3.8) is 0 Å². The van der Waals surface area contributed by atoms with Gasteiger partial charge in [0.25, 0.3) is 5.91 Å². The number of nitrogens with one attached hydrogen (secondary N) is 1. The molecule has 2 N–H and O–H groups in total. The fourth-order valence-corrected chi connectivity index (χ4v) is 5.93. The van der Waals surface area contributed by atoms with Crippen LogP contribution in [0.15, 0.2) is 77.7 Å². The Bertz CT molecular complexity index is 1480. The van der Waals surface area contributed by atoms with E-state index in [1.54, 1.807) is 54.3 Å². The number of aryl methyl sites for hydroxylation is 1. The number of rotatable bonds is 9. The summed E-state index contributed by atoms with van der Waals surface area (Å²) in [5.74, 6) is -0.553. The van der Waals surface area contributed by atoms with Gasteiger partial charge >= 0.3 is 0 Å². The molecule has 0 unspecified atom stereocenters. The minimum Gasteiger partial charge on any atom is -0.488 e. The molecule has 1 aliphatic heterocycles. The molecule has 3 atom stereocenters. The maximum atomic E-state index is 13.7. The van der Waals surface area contributed by atoms with Crippen molar-refractivity contribution in [2.24, 2.45) is 5.92 Å². The maximum Gasteiger partial charge on any atom is 0.258 e. The monoisotopic (exact) mass is 579 g/mol. The molecule has 0 fully saturated rings. The smallest absolute Gasteiger partial charge is 0.258 e. The van der Waals surface area contributed by atoms with Gasteiger partial charge in [0.1, 0.15) is 11.9 Å². The first kappa shape index (κ1) is 30.2. The zero-order valence-corrected chi connectivity index (χ0v) is 24.6. The lowest BCUT2D eigenvalue weighted by Gasteiger charge is -2.38. The van der Waals surface area contributed by atoms with Gasteiger partial charge in [-0.2, -0.15) is 4.31 Å². The molecular formula is C31H37N3O6S. The minimum atomic E-state index is -3.78. The van der Waals surface area contributed by atoms with Crippen LogP contribution >= 0.6 is 0 Å². The van der Waals surface area contributed by atoms with Crippen LogP contribution in [0.5, 0.6) is 5.75 Å². The van der Waals surface area contributed by atoms with E-state index in [2.05, 4.69) is 5.32 Å². The largest absolute Gasteiger partial charge is 0.488 e. The highest BCUT2D eigenvalue weighted by atomic mass is 32.2. The van der Waals surface area contributed by atoms with Crippen LogP contribution in [0, 0.1) is 12.8 Å². The number of aliphatic hydroxyl groups excluding tert-OH is 1. The lowest BCUT2D eigenvalue weighted by atomic mass is 9.99. The van der Waals surface area contributed by atoms with Gasteiger partial charge in [0.15, 0.2) is 0 Å². The van der Waals surface area contributed by atoms with Crippen molar-refractivity contribution < 1.29 is 27.9 Å². The van der Waals surface area contributed by atoms with Gasteiger partial charge in [0.05, 0.1) is 36.1 Å². The third-order valence-corrected chi connectivity index (χ3v) is 9.16. The highest BCUT2D eigenvalue weighted by molar-refractivity contribution is 7.89. The molecule has 9 nitrogen and oxygen atoms in total. The topological polar surface area (TPSA) is 116 Å². The molecule has 0 saturated heterocycles. The molecule has 218 valence electrons. The van der Waals surface area contributed by atoms with E-state index in [1.165, 1.54) is 11.4 Å². The molecule has 2 amide bonds. The van der Waals surface area contributed by atoms with Crippen molar-refractivity contribution in [1.29, 1.82) is 0 Å². The maximum absolute atomic E-state index is 13.7. The van der Waals surface area contributed by atoms with E-state index in [4.69, 9.17) is 4.74 Å². The van der Waals surface area contributed by atoms with E-state index in [9.17, 15) is 23.1 Å². The summed E-state index contributed by atoms with van der Waals surface area (Å²) in [7, 11) is -2.27. The molecule has 0 saturated carbocycles. The van der Waals surface area contributed by atoms with E-state index in [0.29, 0.717) is 5.69 Å². The molecule has 10 heteroatoms. The van der Waals surface area contributed by atoms with Crippen molar-refractivity contribution in [2.75, 3.05) is 32.1 Å². The Balaban J connectivity index is 1.61. The highest BCUT2D eigenvalue weighted by Gasteiger charge is 2.35. The Morgan fingerprint density at radius 2 is 1.80 bits per heavy atom. The van der Waals surface area contributed by atoms with Gasteiger partial charge in [0.2, 0.25) is 15.9 Å². The number of benzene rings is 3. The fraction of sp³-hybridized carbons (Fsp3) is 0.355. The number of sulfonamides is 1. The predicted octanol–water partition coefficient (Wildman–Crippen LogP) is 3.72. The van der Waals surface area contributed by atoms with Gasteiger partial charge in [-0.3, -0.25) is 9.59 Å². The minimum absolute atomic E-state index is 0.0436. The molecule has 3 aromatic rings. The third kappa shape index (κ3) is 7.13. The summed E-state index contributed by atoms with van der Waals surface area (Å²) in [6.07, 6.45) is -0.420. The van der Waals surface area contributed by atoms with E-state index < -0.39 is 22.2 Å². The Morgan fingerprint density at radius 3 is 2.46 bits per heavy atom. The fourth-order valence-electron chi connectivity index (χ4n) is 4.75. The molecule has 0 radical (unpaired) electrons. The van der Waals surface area contributed by atoms with Crippen molar-refractivity contribution in [2.45, 2.75) is 44.2 Å². The van der Waals surface area contributed by atoms with Crippen molar-refractivity contribution in [1.82, 2.24) is 9.21 Å². The van der Waals surface area contributed by atoms with E-state index >= 15 is 0 Å². The molecule has 0 aromatic heterocycles. The Kier molecular flexibility index (Phi) is 9.47. The van der Waals surface area contributed by atoms with Crippen LogP contribution in [0.1, 0.15) is 35.3 Å². The summed E-state index contributed by atoms with van der Waals surface area (Å²) in [5.41, 5.74) is 2.48. The first-order valence-corrected chi connectivity index (χ1v) is 15.0. The van der Waals surface area contributed by atoms with E-state index in [0.717, 1.165) is 11.1 Å². The lowest BCUT2D eigenvalue weighted by molar-refractivity contribution is -0.115. The number of fused-ring (bicyclic) bond motifs is 1. The number of likely N-dealkylation sites (N-methyl/N-ethyl adjacent to an activating group) is 1. The number of anilines is 1. The number of carbonyl (C=O) groups excluding carboxylic acids is 2. The summed E-state index contributed by atoms with van der Waals surface area (Å²) < 4.78 is 34.2. The summed E-state index contributed by atoms with van der Waals surface area (Å²) >= 11 is 0. The quantitative estimate of drug-likeness (QED) is 0.399. The molecule has 3 aromatic carbocycles. The molecular weight excluding hydrogens is 542 g/mol. The first-order chi connectivity index (χ1) is 19.5. The number of aliphatic hydroxyl groups is 1. The number of hydrogen-bond donors (Lipinski definition) is 2. The van der Waals surface area contributed by atoms with Crippen LogP contribution in [0.2, 0.25) is 0 Å². The van der Waals surface area contributed by atoms with Crippen molar-refractivity contribution in [3.05, 3.63) is 89.5 Å². The van der Waals surface area contributed by atoms with Crippen LogP contribution < -0.4 is 10.1 Å². The van der Waals surface area contributed by atoms with E-state index in [-0.39, 0.29) is 60.1 Å². The van der Waals surface area contributed by atoms with Gasteiger partial charge in [-0.05, 0) is 49.7 Å². The summed E-state index contributed by atoms with van der Waals surface area (Å²) in [6, 6.07) is 20.4. The van der Waals surface area contributed by atoms with Crippen LogP contribution in [0.25, 0.3) is 0 Å². The Morgan fingerprint density at radius 1 is 1.12 bits per heavy atom. The van der Waals surface area contributed by atoms with E-state index in [1.807, 2.05) is 44.2 Å². The predicted molar refractivity (Wildman–Crippen MR) is 157 cm³/mol. The lowest BCUT2D eigenvalue weighted by Crippen LogP contribution is -2.50. The molecule has 1 heterocycles. The van der Waals surface area contributed by atoms with Crippen LogP contribution in [-0.4, -0.2) is 73.4 Å². The molecule has 0 bridgehead atoms. The highest BCUT2D eigenvalue weighted by Crippen LogP contribution is 2.31. The molecule has 41 heavy (non-hydrogen) atoms. The van der Waals surface area contributed by atoms with Gasteiger partial charge in [-0.15, -0.1) is 0 Å². The Hall–Kier alpha value is -3.73. The standard InChI is InChI=1S/C31H37N3O6S/c1-21-10-13-26(14-11-21)41(38,39)33(4)19-29-22(2)18-34(23(3)20-35)31(37)27-17-25(12-15-28(27)40-29)32-30(36)16-24-8-6-5-7-9-24/h5-15,17,22-23,29,35H,16,18-20H2,1-4H3,(H,32,36)/t22-,23+,29+/m1/s1. The number of hydrogen-bond acceptors (Lipinski definition) is 6. The van der Waals surface area contributed by atoms with Gasteiger partial charge in [0, 0.05) is 25.2 Å². The average Bonchev–Trinajstić information content (AvgIpc) is 2.95. The van der Waals surface area contributed by atoms with Crippen LogP contribution in [0.3, 0.4) is 0 Å². The first-order valence-electron chi connectivity index (χ1n) is 13.6. The Labute approximate surface area is 241 Å². The normalized spacial score (nSPS) is 18.2. The van der Waals surface area contributed by atoms with Crippen molar-refractivity contribution >= 4 is 27.5 Å². The number of nitrogens with zero attached hydrogens (tertiary/aromatic N) is 2. The number of carbonyl (C=O) groups is 2. The third-order valence-electron chi connectivity index (χ3n) is 7.32. The zero-order chi connectivity index (χ0) is 29.7. The molecule has 1 aliphatic rings. The summed E-state index contributed by atoms with van der Waals surface area (Å²) in [4.78, 5) is 28.1. The average molecular weight is 580 g/mol. The van der Waals surface area contributed by atoms with Gasteiger partial charge in [-0.1, -0.05) is 55.0 Å². The van der Waals surface area contributed by atoms with Gasteiger partial charge in [-0.25, -0.2) is 8.42 Å². The van der Waals surface area contributed by atoms with Crippen LogP contribution in [-0.2, 0) is 21.2 Å². The second kappa shape index (κ2) is 12.8. The molecule has 0 aliphatic carbocycles. The molecule has 0 spiro atoms. The summed E-state index contributed by atoms with van der Waals surface area (Å²) in [5, 5.41) is 12.8. The second-order valence-electron chi connectivity index (χ2n) is 10.6. The number of amides is 2. The zero-order valence-electron chi connectivity index (χ0n) is 23.8. The van der Waals surface area contributed by atoms with Gasteiger partial charge < -0.3 is 20.1 Å². The number of ether oxygens (including phenoxy) is 1. The second-order valence-corrected chi connectivity index (χ2v) is 12.7. The van der Waals surface area contributed by atoms with Crippen LogP contribution in [0.4, 0.5) is 5.69 Å².